The zero-order valence-electron chi connectivity index (χ0n) is 11.8. The number of ketones is 1. The highest BCUT2D eigenvalue weighted by molar-refractivity contribution is 6.02. The summed E-state index contributed by atoms with van der Waals surface area (Å²) in [6.07, 6.45) is 2.62. The molecule has 0 heterocycles. The maximum absolute atomic E-state index is 14.6. The van der Waals surface area contributed by atoms with Crippen LogP contribution in [0.15, 0.2) is 60.4 Å². The van der Waals surface area contributed by atoms with E-state index in [0.29, 0.717) is 12.0 Å². The first-order valence-electron chi connectivity index (χ1n) is 7.30. The first kappa shape index (κ1) is 13.7. The number of Topliss-reactive ketones (excluding diaryl/α,β-unsaturated/α-hetero) is 1. The Morgan fingerprint density at radius 2 is 1.67 bits per heavy atom. The molecule has 0 fully saturated rings. The number of carbonyl (C=O) groups excluding carboxylic acids is 1. The number of rotatable bonds is 3. The van der Waals surface area contributed by atoms with Crippen molar-refractivity contribution in [2.24, 2.45) is 0 Å². The van der Waals surface area contributed by atoms with Crippen molar-refractivity contribution in [3.63, 3.8) is 0 Å². The zero-order chi connectivity index (χ0) is 14.7. The van der Waals surface area contributed by atoms with Gasteiger partial charge in [0, 0.05) is 6.42 Å². The molecule has 3 rings (SSSR count). The minimum Gasteiger partial charge on any atom is -0.291 e. The van der Waals surface area contributed by atoms with E-state index in [-0.39, 0.29) is 6.42 Å². The SMILES string of the molecule is O=C(Cc1ccccc1)/C(F)=C1\CCCc2ccccc21. The fourth-order valence-corrected chi connectivity index (χ4v) is 2.88. The molecule has 1 nitrogen and oxygen atoms in total. The lowest BCUT2D eigenvalue weighted by atomic mass is 9.86. The van der Waals surface area contributed by atoms with Gasteiger partial charge in [-0.2, -0.15) is 0 Å². The Balaban J connectivity index is 1.90. The van der Waals surface area contributed by atoms with Gasteiger partial charge in [0.1, 0.15) is 0 Å². The molecular weight excluding hydrogens is 263 g/mol. The minimum absolute atomic E-state index is 0.123. The Hall–Kier alpha value is -2.22. The summed E-state index contributed by atoms with van der Waals surface area (Å²) < 4.78 is 14.6. The number of halogens is 1. The van der Waals surface area contributed by atoms with Gasteiger partial charge in [0.2, 0.25) is 0 Å². The molecule has 2 aromatic carbocycles. The van der Waals surface area contributed by atoms with Gasteiger partial charge in [-0.05, 0) is 41.5 Å². The predicted octanol–water partition coefficient (Wildman–Crippen LogP) is 4.52. The molecule has 0 unspecified atom stereocenters. The third-order valence-corrected chi connectivity index (χ3v) is 3.93. The Labute approximate surface area is 124 Å². The van der Waals surface area contributed by atoms with E-state index in [4.69, 9.17) is 0 Å². The molecule has 0 spiro atoms. The largest absolute Gasteiger partial charge is 0.291 e. The smallest absolute Gasteiger partial charge is 0.195 e. The van der Waals surface area contributed by atoms with Crippen LogP contribution in [0.1, 0.15) is 29.5 Å². The molecule has 0 amide bonds. The average Bonchev–Trinajstić information content (AvgIpc) is 2.54. The quantitative estimate of drug-likeness (QED) is 0.756. The maximum Gasteiger partial charge on any atom is 0.195 e. The molecule has 1 aliphatic rings. The number of fused-ring (bicyclic) bond motifs is 1. The van der Waals surface area contributed by atoms with Gasteiger partial charge in [-0.25, -0.2) is 4.39 Å². The highest BCUT2D eigenvalue weighted by Crippen LogP contribution is 2.33. The topological polar surface area (TPSA) is 17.1 Å². The normalized spacial score (nSPS) is 16.2. The highest BCUT2D eigenvalue weighted by atomic mass is 19.1. The van der Waals surface area contributed by atoms with Gasteiger partial charge in [-0.15, -0.1) is 0 Å². The lowest BCUT2D eigenvalue weighted by Crippen LogP contribution is -2.09. The summed E-state index contributed by atoms with van der Waals surface area (Å²) in [7, 11) is 0. The first-order chi connectivity index (χ1) is 10.3. The van der Waals surface area contributed by atoms with Gasteiger partial charge >= 0.3 is 0 Å². The van der Waals surface area contributed by atoms with E-state index < -0.39 is 11.6 Å². The van der Waals surface area contributed by atoms with E-state index in [1.165, 1.54) is 0 Å². The Morgan fingerprint density at radius 1 is 0.952 bits per heavy atom. The second kappa shape index (κ2) is 6.04. The number of allylic oxidation sites excluding steroid dienone is 2. The summed E-state index contributed by atoms with van der Waals surface area (Å²) in [6, 6.07) is 17.1. The van der Waals surface area contributed by atoms with Crippen molar-refractivity contribution in [2.75, 3.05) is 0 Å². The molecule has 0 N–H and O–H groups in total. The Morgan fingerprint density at radius 3 is 2.48 bits per heavy atom. The average molecular weight is 280 g/mol. The standard InChI is InChI=1S/C19H17FO/c20-19(18(21)13-14-7-2-1-3-8-14)17-12-6-10-15-9-4-5-11-16(15)17/h1-5,7-9,11H,6,10,12-13H2/b19-17-. The molecule has 0 saturated carbocycles. The fraction of sp³-hybridized carbons (Fsp3) is 0.211. The molecule has 0 atom stereocenters. The van der Waals surface area contributed by atoms with Gasteiger partial charge in [0.15, 0.2) is 11.6 Å². The van der Waals surface area contributed by atoms with E-state index in [2.05, 4.69) is 0 Å². The third-order valence-electron chi connectivity index (χ3n) is 3.93. The first-order valence-corrected chi connectivity index (χ1v) is 7.30. The van der Waals surface area contributed by atoms with Crippen molar-refractivity contribution in [1.82, 2.24) is 0 Å². The van der Waals surface area contributed by atoms with Crippen molar-refractivity contribution in [3.8, 4) is 0 Å². The number of hydrogen-bond acceptors (Lipinski definition) is 1. The monoisotopic (exact) mass is 280 g/mol. The van der Waals surface area contributed by atoms with Crippen molar-refractivity contribution in [1.29, 1.82) is 0 Å². The van der Waals surface area contributed by atoms with Crippen LogP contribution in [0.3, 0.4) is 0 Å². The summed E-state index contributed by atoms with van der Waals surface area (Å²) in [6.45, 7) is 0. The van der Waals surface area contributed by atoms with Crippen LogP contribution in [0, 0.1) is 0 Å². The van der Waals surface area contributed by atoms with Crippen molar-refractivity contribution < 1.29 is 9.18 Å². The third kappa shape index (κ3) is 2.94. The number of benzene rings is 2. The molecule has 21 heavy (non-hydrogen) atoms. The number of hydrogen-bond donors (Lipinski definition) is 0. The van der Waals surface area contributed by atoms with Crippen LogP contribution < -0.4 is 0 Å². The molecule has 0 saturated heterocycles. The van der Waals surface area contributed by atoms with Crippen molar-refractivity contribution >= 4 is 11.4 Å². The maximum atomic E-state index is 14.6. The summed E-state index contributed by atoms with van der Waals surface area (Å²) in [4.78, 5) is 12.2. The van der Waals surface area contributed by atoms with E-state index in [0.717, 1.165) is 29.5 Å². The molecular formula is C19H17FO. The van der Waals surface area contributed by atoms with E-state index >= 15 is 0 Å². The molecule has 1 aliphatic carbocycles. The van der Waals surface area contributed by atoms with Crippen molar-refractivity contribution in [2.45, 2.75) is 25.7 Å². The lowest BCUT2D eigenvalue weighted by molar-refractivity contribution is -0.116. The lowest BCUT2D eigenvalue weighted by Gasteiger charge is -2.19. The zero-order valence-corrected chi connectivity index (χ0v) is 11.8. The van der Waals surface area contributed by atoms with E-state index in [1.54, 1.807) is 0 Å². The van der Waals surface area contributed by atoms with Crippen molar-refractivity contribution in [3.05, 3.63) is 77.1 Å². The summed E-state index contributed by atoms with van der Waals surface area (Å²) in [5.74, 6) is -0.987. The van der Waals surface area contributed by atoms with Gasteiger partial charge in [0.05, 0.1) is 0 Å². The highest BCUT2D eigenvalue weighted by Gasteiger charge is 2.21. The van der Waals surface area contributed by atoms with Gasteiger partial charge in [-0.1, -0.05) is 54.6 Å². The Kier molecular flexibility index (Phi) is 3.96. The summed E-state index contributed by atoms with van der Waals surface area (Å²) in [5.41, 5.74) is 3.48. The van der Waals surface area contributed by atoms with Gasteiger partial charge in [0.25, 0.3) is 0 Å². The van der Waals surface area contributed by atoms with Crippen LogP contribution in [0.4, 0.5) is 4.39 Å². The molecule has 2 heteroatoms. The van der Waals surface area contributed by atoms with E-state index in [9.17, 15) is 9.18 Å². The van der Waals surface area contributed by atoms with Crippen LogP contribution in [0.25, 0.3) is 5.57 Å². The minimum atomic E-state index is -0.564. The molecule has 0 aromatic heterocycles. The predicted molar refractivity (Wildman–Crippen MR) is 82.6 cm³/mol. The molecule has 0 radical (unpaired) electrons. The fourth-order valence-electron chi connectivity index (χ4n) is 2.88. The van der Waals surface area contributed by atoms with Crippen LogP contribution in [-0.2, 0) is 17.6 Å². The van der Waals surface area contributed by atoms with Crippen LogP contribution in [-0.4, -0.2) is 5.78 Å². The molecule has 0 aliphatic heterocycles. The second-order valence-corrected chi connectivity index (χ2v) is 5.39. The van der Waals surface area contributed by atoms with Gasteiger partial charge < -0.3 is 0 Å². The Bertz CT molecular complexity index is 686. The van der Waals surface area contributed by atoms with Gasteiger partial charge in [-0.3, -0.25) is 4.79 Å². The molecule has 2 aromatic rings. The summed E-state index contributed by atoms with van der Waals surface area (Å²) >= 11 is 0. The van der Waals surface area contributed by atoms with Crippen LogP contribution in [0.2, 0.25) is 0 Å². The molecule has 0 bridgehead atoms. The van der Waals surface area contributed by atoms with Crippen LogP contribution in [0.5, 0.6) is 0 Å². The van der Waals surface area contributed by atoms with Crippen LogP contribution >= 0.6 is 0 Å². The van der Waals surface area contributed by atoms with E-state index in [1.807, 2.05) is 54.6 Å². The number of aryl methyl sites for hydroxylation is 1. The number of carbonyl (C=O) groups is 1. The summed E-state index contributed by atoms with van der Waals surface area (Å²) in [5, 5.41) is 0. The molecule has 106 valence electrons. The second-order valence-electron chi connectivity index (χ2n) is 5.39.